The lowest BCUT2D eigenvalue weighted by Crippen LogP contribution is -2.12. The summed E-state index contributed by atoms with van der Waals surface area (Å²) in [4.78, 5) is 0. The zero-order valence-corrected chi connectivity index (χ0v) is 39.3. The molecule has 3 heterocycles. The van der Waals surface area contributed by atoms with Crippen LogP contribution in [0.15, 0.2) is 188 Å². The summed E-state index contributed by atoms with van der Waals surface area (Å²) >= 11 is 0. The van der Waals surface area contributed by atoms with Crippen molar-refractivity contribution in [2.45, 2.75) is 58.3 Å². The van der Waals surface area contributed by atoms with E-state index in [9.17, 15) is 5.26 Å². The molecule has 1 aliphatic carbocycles. The first-order chi connectivity index (χ1) is 33.0. The van der Waals surface area contributed by atoms with Gasteiger partial charge in [-0.25, -0.2) is 0 Å². The summed E-state index contributed by atoms with van der Waals surface area (Å²) in [7, 11) is 0. The summed E-state index contributed by atoms with van der Waals surface area (Å²) < 4.78 is 7.40. The van der Waals surface area contributed by atoms with E-state index >= 15 is 0 Å². The van der Waals surface area contributed by atoms with E-state index in [-0.39, 0.29) is 16.7 Å². The molecule has 0 unspecified atom stereocenters. The van der Waals surface area contributed by atoms with Crippen LogP contribution in [-0.2, 0) is 10.8 Å². The number of para-hydroxylation sites is 4. The van der Waals surface area contributed by atoms with E-state index in [4.69, 9.17) is 0 Å². The molecule has 0 aliphatic heterocycles. The Kier molecular flexibility index (Phi) is 8.53. The number of aromatic nitrogens is 3. The molecule has 0 amide bonds. The molecule has 0 N–H and O–H groups in total. The van der Waals surface area contributed by atoms with Crippen molar-refractivity contribution in [3.63, 3.8) is 0 Å². The molecule has 0 spiro atoms. The van der Waals surface area contributed by atoms with Crippen LogP contribution in [0.1, 0.15) is 80.8 Å². The predicted molar refractivity (Wildman–Crippen MR) is 284 cm³/mol. The van der Waals surface area contributed by atoms with E-state index in [2.05, 4.69) is 243 Å². The summed E-state index contributed by atoms with van der Waals surface area (Å²) in [6.07, 6.45) is 0. The Balaban J connectivity index is 1.16. The van der Waals surface area contributed by atoms with Gasteiger partial charge in [-0.15, -0.1) is 0 Å². The van der Waals surface area contributed by atoms with Gasteiger partial charge in [0.1, 0.15) is 0 Å². The second kappa shape index (κ2) is 14.4. The number of nitriles is 1. The average molecular weight is 875 g/mol. The van der Waals surface area contributed by atoms with Crippen molar-refractivity contribution in [2.24, 2.45) is 0 Å². The molecule has 4 nitrogen and oxygen atoms in total. The smallest absolute Gasteiger partial charge is 0.0995 e. The lowest BCUT2D eigenvalue weighted by atomic mass is 9.82. The Morgan fingerprint density at radius 2 is 0.882 bits per heavy atom. The van der Waals surface area contributed by atoms with Crippen molar-refractivity contribution in [1.82, 2.24) is 13.7 Å². The van der Waals surface area contributed by atoms with Crippen LogP contribution in [0, 0.1) is 11.3 Å². The molecule has 326 valence electrons. The first-order valence-corrected chi connectivity index (χ1v) is 23.9. The van der Waals surface area contributed by atoms with Crippen LogP contribution in [0.5, 0.6) is 0 Å². The van der Waals surface area contributed by atoms with Gasteiger partial charge in [-0.3, -0.25) is 0 Å². The van der Waals surface area contributed by atoms with Crippen LogP contribution in [0.4, 0.5) is 0 Å². The highest BCUT2D eigenvalue weighted by Crippen LogP contribution is 2.53. The maximum atomic E-state index is 11.2. The van der Waals surface area contributed by atoms with Crippen molar-refractivity contribution in [3.05, 3.63) is 221 Å². The fourth-order valence-corrected chi connectivity index (χ4v) is 11.7. The highest BCUT2D eigenvalue weighted by atomic mass is 15.0. The first kappa shape index (κ1) is 40.2. The number of hydrogen-bond acceptors (Lipinski definition) is 1. The molecule has 4 heteroatoms. The van der Waals surface area contributed by atoms with Crippen molar-refractivity contribution < 1.29 is 0 Å². The van der Waals surface area contributed by atoms with Gasteiger partial charge in [-0.1, -0.05) is 169 Å². The Morgan fingerprint density at radius 1 is 0.412 bits per heavy atom. The molecule has 0 bridgehead atoms. The van der Waals surface area contributed by atoms with Crippen LogP contribution >= 0.6 is 0 Å². The summed E-state index contributed by atoms with van der Waals surface area (Å²) in [6.45, 7) is 13.7. The molecule has 68 heavy (non-hydrogen) atoms. The van der Waals surface area contributed by atoms with E-state index < -0.39 is 0 Å². The molecule has 1 aliphatic rings. The molecule has 0 atom stereocenters. The van der Waals surface area contributed by atoms with E-state index in [0.717, 1.165) is 33.7 Å². The Labute approximate surface area is 396 Å². The monoisotopic (exact) mass is 874 g/mol. The van der Waals surface area contributed by atoms with Gasteiger partial charge in [0, 0.05) is 55.2 Å². The first-order valence-electron chi connectivity index (χ1n) is 23.9. The molecule has 12 aromatic rings. The molecular formula is C64H50N4. The second-order valence-corrected chi connectivity index (χ2v) is 20.8. The summed E-state index contributed by atoms with van der Waals surface area (Å²) in [5, 5.41) is 18.4. The van der Waals surface area contributed by atoms with Crippen LogP contribution in [0.25, 0.3) is 93.6 Å². The standard InChI is InChI=1S/C64H50N4/c1-63(2,3)40-28-30-44-50(36-40)51-37-41(64(4,5)6)29-31-45(51)58(44)57-39(38-65)18-17-27-54(57)68-53-26-16-14-24-49(53)60-56(68)35-33-47-46-32-34-55-59(61(46)67(62(47)60)43-21-11-8-12-22-43)48-23-13-15-25-52(48)66(55)42-19-9-7-10-20-42/h7-37,58H,1-6H3. The van der Waals surface area contributed by atoms with Crippen molar-refractivity contribution >= 4 is 65.4 Å². The lowest BCUT2D eigenvalue weighted by molar-refractivity contribution is 0.589. The van der Waals surface area contributed by atoms with Gasteiger partial charge in [0.05, 0.1) is 50.4 Å². The molecule has 3 aromatic heterocycles. The maximum absolute atomic E-state index is 11.2. The minimum absolute atomic E-state index is 0.0219. The van der Waals surface area contributed by atoms with Crippen molar-refractivity contribution in [1.29, 1.82) is 5.26 Å². The third kappa shape index (κ3) is 5.66. The van der Waals surface area contributed by atoms with Crippen LogP contribution < -0.4 is 0 Å². The maximum Gasteiger partial charge on any atom is 0.0995 e. The molecule has 0 saturated carbocycles. The van der Waals surface area contributed by atoms with Gasteiger partial charge < -0.3 is 13.7 Å². The third-order valence-corrected chi connectivity index (χ3v) is 14.9. The topological polar surface area (TPSA) is 38.6 Å². The number of rotatable bonds is 4. The summed E-state index contributed by atoms with van der Waals surface area (Å²) in [5.74, 6) is -0.153. The number of fused-ring (bicyclic) bond motifs is 14. The van der Waals surface area contributed by atoms with Crippen molar-refractivity contribution in [3.8, 4) is 34.3 Å². The quantitative estimate of drug-likeness (QED) is 0.174. The second-order valence-electron chi connectivity index (χ2n) is 20.8. The highest BCUT2D eigenvalue weighted by Gasteiger charge is 2.36. The van der Waals surface area contributed by atoms with Crippen LogP contribution in [0.2, 0.25) is 0 Å². The van der Waals surface area contributed by atoms with Gasteiger partial charge in [-0.05, 0) is 105 Å². The zero-order chi connectivity index (χ0) is 46.2. The van der Waals surface area contributed by atoms with Gasteiger partial charge in [0.25, 0.3) is 0 Å². The average Bonchev–Trinajstić information content (AvgIpc) is 4.08. The molecule has 0 radical (unpaired) electrons. The van der Waals surface area contributed by atoms with Gasteiger partial charge in [0.2, 0.25) is 0 Å². The van der Waals surface area contributed by atoms with Crippen molar-refractivity contribution in [2.75, 3.05) is 0 Å². The number of benzene rings is 9. The van der Waals surface area contributed by atoms with Gasteiger partial charge in [0.15, 0.2) is 0 Å². The fraction of sp³-hybridized carbons (Fsp3) is 0.141. The fourth-order valence-electron chi connectivity index (χ4n) is 11.7. The molecule has 13 rings (SSSR count). The zero-order valence-electron chi connectivity index (χ0n) is 39.3. The van der Waals surface area contributed by atoms with Gasteiger partial charge in [-0.2, -0.15) is 5.26 Å². The lowest BCUT2D eigenvalue weighted by Gasteiger charge is -2.23. The Hall–Kier alpha value is -8.13. The minimum atomic E-state index is -0.153. The largest absolute Gasteiger partial charge is 0.309 e. The normalized spacial score (nSPS) is 13.1. The SMILES string of the molecule is CC(C)(C)c1ccc2c(c1)-c1cc(C(C)(C)C)ccc1C2c1c(C#N)cccc1-n1c2ccccc2c2c1ccc1c3ccc4c(c5ccccc5n4-c4ccccc4)c3n(-c3ccccc3)c12. The predicted octanol–water partition coefficient (Wildman–Crippen LogP) is 16.6. The number of nitrogens with zero attached hydrogens (tertiary/aromatic N) is 4. The Bertz CT molecular complexity index is 4040. The molecule has 9 aromatic carbocycles. The van der Waals surface area contributed by atoms with E-state index in [1.165, 1.54) is 87.8 Å². The molecule has 0 saturated heterocycles. The third-order valence-electron chi connectivity index (χ3n) is 14.9. The highest BCUT2D eigenvalue weighted by molar-refractivity contribution is 6.31. The van der Waals surface area contributed by atoms with Crippen LogP contribution in [-0.4, -0.2) is 13.7 Å². The van der Waals surface area contributed by atoms with Crippen LogP contribution in [0.3, 0.4) is 0 Å². The molecule has 0 fully saturated rings. The Morgan fingerprint density at radius 3 is 1.40 bits per heavy atom. The molecular weight excluding hydrogens is 825 g/mol. The summed E-state index contributed by atoms with van der Waals surface area (Å²) in [6, 6.07) is 71.8. The van der Waals surface area contributed by atoms with E-state index in [1.807, 2.05) is 6.07 Å². The van der Waals surface area contributed by atoms with E-state index in [0.29, 0.717) is 5.56 Å². The van der Waals surface area contributed by atoms with Gasteiger partial charge >= 0.3 is 0 Å². The minimum Gasteiger partial charge on any atom is -0.309 e. The van der Waals surface area contributed by atoms with E-state index in [1.54, 1.807) is 0 Å². The number of hydrogen-bond donors (Lipinski definition) is 0. The summed E-state index contributed by atoms with van der Waals surface area (Å²) in [5.41, 5.74) is 19.5.